The number of sulfonamides is 1. The van der Waals surface area contributed by atoms with Gasteiger partial charge in [-0.2, -0.15) is 18.3 Å². The van der Waals surface area contributed by atoms with Crippen LogP contribution in [-0.2, 0) is 16.6 Å². The number of methoxy groups -OCH3 is 3. The van der Waals surface area contributed by atoms with Crippen molar-refractivity contribution < 1.29 is 40.3 Å². The van der Waals surface area contributed by atoms with Crippen LogP contribution in [0.3, 0.4) is 0 Å². The fourth-order valence-electron chi connectivity index (χ4n) is 5.42. The fourth-order valence-corrected chi connectivity index (χ4v) is 6.74. The van der Waals surface area contributed by atoms with Crippen LogP contribution in [0.25, 0.3) is 11.0 Å². The van der Waals surface area contributed by atoms with E-state index in [1.807, 2.05) is 6.07 Å². The standard InChI is InChI=1S/C28H31F3N6O6S/c1-40-22-10-18-21(11-20(22)32-25-12-19(33-34-25)16-4-5-16)43-35-27(18)36-44(38,39)26-23(41-2)8-15(9-24(26)42-3)13-37-7-6-17(14-37)28(29,30)31/h8-12,16-17H,4-7,13-14H2,1-3H3,(H,35,36)(H2,32,33,34). The third-order valence-corrected chi connectivity index (χ3v) is 9.23. The van der Waals surface area contributed by atoms with Crippen molar-refractivity contribution in [1.82, 2.24) is 20.3 Å². The maximum Gasteiger partial charge on any atom is 0.393 e. The topological polar surface area (TPSA) is 144 Å². The summed E-state index contributed by atoms with van der Waals surface area (Å²) in [5, 5.41) is 14.8. The molecule has 16 heteroatoms. The Labute approximate surface area is 250 Å². The maximum absolute atomic E-state index is 13.7. The number of nitrogens with zero attached hydrogens (tertiary/aromatic N) is 3. The molecule has 236 valence electrons. The van der Waals surface area contributed by atoms with E-state index < -0.39 is 22.1 Å². The number of ether oxygens (including phenoxy) is 3. The monoisotopic (exact) mass is 636 g/mol. The SMILES string of the molecule is COc1cc2c(NS(=O)(=O)c3c(OC)cc(CN4CCC(C(F)(F)F)C4)cc3OC)noc2cc1Nc1cc(C2CC2)[nH]n1. The summed E-state index contributed by atoms with van der Waals surface area (Å²) in [7, 11) is -0.294. The highest BCUT2D eigenvalue weighted by Crippen LogP contribution is 2.42. The molecule has 1 atom stereocenters. The first-order valence-corrected chi connectivity index (χ1v) is 15.3. The highest BCUT2D eigenvalue weighted by molar-refractivity contribution is 7.93. The van der Waals surface area contributed by atoms with Gasteiger partial charge in [-0.25, -0.2) is 8.42 Å². The number of rotatable bonds is 11. The lowest BCUT2D eigenvalue weighted by molar-refractivity contribution is -0.170. The lowest BCUT2D eigenvalue weighted by Crippen LogP contribution is -2.27. The van der Waals surface area contributed by atoms with Gasteiger partial charge in [-0.05, 0) is 49.6 Å². The van der Waals surface area contributed by atoms with E-state index in [9.17, 15) is 21.6 Å². The van der Waals surface area contributed by atoms with Crippen molar-refractivity contribution in [2.45, 2.75) is 42.8 Å². The van der Waals surface area contributed by atoms with E-state index in [-0.39, 0.29) is 53.9 Å². The Balaban J connectivity index is 1.25. The number of hydrogen-bond donors (Lipinski definition) is 3. The first-order valence-electron chi connectivity index (χ1n) is 13.9. The van der Waals surface area contributed by atoms with Crippen molar-refractivity contribution in [2.24, 2.45) is 5.92 Å². The summed E-state index contributed by atoms with van der Waals surface area (Å²) in [6.45, 7) is 0.287. The highest BCUT2D eigenvalue weighted by Gasteiger charge is 2.43. The van der Waals surface area contributed by atoms with Gasteiger partial charge in [-0.1, -0.05) is 5.16 Å². The van der Waals surface area contributed by atoms with Crippen molar-refractivity contribution in [1.29, 1.82) is 0 Å². The van der Waals surface area contributed by atoms with E-state index in [1.54, 1.807) is 17.0 Å². The van der Waals surface area contributed by atoms with Crippen LogP contribution in [-0.4, -0.2) is 69.3 Å². The van der Waals surface area contributed by atoms with Crippen LogP contribution in [0.2, 0.25) is 0 Å². The predicted molar refractivity (Wildman–Crippen MR) is 154 cm³/mol. The minimum absolute atomic E-state index is 0.00646. The van der Waals surface area contributed by atoms with Gasteiger partial charge in [-0.15, -0.1) is 0 Å². The molecule has 44 heavy (non-hydrogen) atoms. The third kappa shape index (κ3) is 5.95. The number of benzene rings is 2. The number of alkyl halides is 3. The number of hydrogen-bond acceptors (Lipinski definition) is 10. The molecule has 2 aromatic heterocycles. The van der Waals surface area contributed by atoms with Crippen LogP contribution in [0, 0.1) is 5.92 Å². The zero-order valence-electron chi connectivity index (χ0n) is 24.1. The molecule has 3 heterocycles. The van der Waals surface area contributed by atoms with Crippen molar-refractivity contribution >= 4 is 38.3 Å². The Morgan fingerprint density at radius 3 is 2.34 bits per heavy atom. The van der Waals surface area contributed by atoms with Gasteiger partial charge in [0.15, 0.2) is 22.1 Å². The molecule has 0 spiro atoms. The minimum Gasteiger partial charge on any atom is -0.495 e. The second kappa shape index (κ2) is 11.4. The Kier molecular flexibility index (Phi) is 7.73. The van der Waals surface area contributed by atoms with Gasteiger partial charge in [0.1, 0.15) is 17.2 Å². The first kappa shape index (κ1) is 29.9. The van der Waals surface area contributed by atoms with E-state index in [1.165, 1.54) is 33.5 Å². The second-order valence-electron chi connectivity index (χ2n) is 10.9. The zero-order valence-corrected chi connectivity index (χ0v) is 24.9. The van der Waals surface area contributed by atoms with Gasteiger partial charge in [0.05, 0.1) is 38.3 Å². The van der Waals surface area contributed by atoms with Crippen LogP contribution < -0.4 is 24.2 Å². The number of anilines is 3. The van der Waals surface area contributed by atoms with Crippen molar-refractivity contribution in [3.63, 3.8) is 0 Å². The number of likely N-dealkylation sites (tertiary alicyclic amines) is 1. The number of aromatic nitrogens is 3. The highest BCUT2D eigenvalue weighted by atomic mass is 32.2. The Morgan fingerprint density at radius 1 is 1.02 bits per heavy atom. The molecule has 2 aliphatic rings. The average Bonchev–Trinajstić information content (AvgIpc) is 3.33. The molecule has 6 rings (SSSR count). The van der Waals surface area contributed by atoms with Gasteiger partial charge in [0.25, 0.3) is 10.0 Å². The van der Waals surface area contributed by atoms with Crippen molar-refractivity contribution in [2.75, 3.05) is 44.5 Å². The summed E-state index contributed by atoms with van der Waals surface area (Å²) in [6.07, 6.45) is -2.01. The van der Waals surface area contributed by atoms with Crippen LogP contribution in [0.1, 0.15) is 36.4 Å². The molecule has 1 saturated carbocycles. The largest absolute Gasteiger partial charge is 0.495 e. The number of H-pyrrole nitrogens is 1. The predicted octanol–water partition coefficient (Wildman–Crippen LogP) is 5.38. The van der Waals surface area contributed by atoms with Gasteiger partial charge >= 0.3 is 6.18 Å². The summed E-state index contributed by atoms with van der Waals surface area (Å²) in [6, 6.07) is 8.09. The Morgan fingerprint density at radius 2 is 1.73 bits per heavy atom. The molecule has 2 fully saturated rings. The van der Waals surface area contributed by atoms with Gasteiger partial charge in [0, 0.05) is 36.8 Å². The zero-order chi connectivity index (χ0) is 31.2. The minimum atomic E-state index is -4.37. The molecule has 3 N–H and O–H groups in total. The molecular weight excluding hydrogens is 605 g/mol. The molecular formula is C28H31F3N6O6S. The average molecular weight is 637 g/mol. The molecule has 2 aromatic carbocycles. The maximum atomic E-state index is 13.7. The van der Waals surface area contributed by atoms with Crippen LogP contribution in [0.4, 0.5) is 30.5 Å². The number of nitrogens with one attached hydrogen (secondary N) is 3. The molecule has 1 saturated heterocycles. The molecule has 0 amide bonds. The Hall–Kier alpha value is -4.18. The van der Waals surface area contributed by atoms with Crippen LogP contribution in [0.15, 0.2) is 39.8 Å². The number of aromatic amines is 1. The summed E-state index contributed by atoms with van der Waals surface area (Å²) in [5.74, 6) is -0.0899. The van der Waals surface area contributed by atoms with Gasteiger partial charge in [0.2, 0.25) is 0 Å². The number of halogens is 3. The molecule has 0 radical (unpaired) electrons. The van der Waals surface area contributed by atoms with E-state index in [4.69, 9.17) is 18.7 Å². The summed E-state index contributed by atoms with van der Waals surface area (Å²) < 4.78 is 91.1. The second-order valence-corrected chi connectivity index (χ2v) is 12.5. The van der Waals surface area contributed by atoms with Gasteiger partial charge < -0.3 is 24.1 Å². The van der Waals surface area contributed by atoms with E-state index in [0.717, 1.165) is 18.5 Å². The quantitative estimate of drug-likeness (QED) is 0.196. The van der Waals surface area contributed by atoms with E-state index in [0.29, 0.717) is 34.1 Å². The van der Waals surface area contributed by atoms with E-state index in [2.05, 4.69) is 25.4 Å². The van der Waals surface area contributed by atoms with Crippen LogP contribution in [0.5, 0.6) is 17.2 Å². The Bertz CT molecular complexity index is 1760. The van der Waals surface area contributed by atoms with Crippen molar-refractivity contribution in [3.05, 3.63) is 41.6 Å². The lowest BCUT2D eigenvalue weighted by Gasteiger charge is -2.20. The molecule has 1 unspecified atom stereocenters. The van der Waals surface area contributed by atoms with Gasteiger partial charge in [-0.3, -0.25) is 14.7 Å². The molecule has 1 aliphatic heterocycles. The molecule has 12 nitrogen and oxygen atoms in total. The first-order chi connectivity index (χ1) is 21.0. The molecule has 4 aromatic rings. The molecule has 1 aliphatic carbocycles. The van der Waals surface area contributed by atoms with E-state index >= 15 is 0 Å². The summed E-state index contributed by atoms with van der Waals surface area (Å²) in [5.41, 5.74) is 2.41. The smallest absolute Gasteiger partial charge is 0.393 e. The summed E-state index contributed by atoms with van der Waals surface area (Å²) >= 11 is 0. The third-order valence-electron chi connectivity index (χ3n) is 7.83. The van der Waals surface area contributed by atoms with Crippen molar-refractivity contribution in [3.8, 4) is 17.2 Å². The fraction of sp³-hybridized carbons (Fsp3) is 0.429. The summed E-state index contributed by atoms with van der Waals surface area (Å²) in [4.78, 5) is 1.36. The van der Waals surface area contributed by atoms with Crippen LogP contribution >= 0.6 is 0 Å². The normalized spacial score (nSPS) is 17.6. The molecule has 0 bridgehead atoms. The number of fused-ring (bicyclic) bond motifs is 1. The lowest BCUT2D eigenvalue weighted by atomic mass is 10.1.